The van der Waals surface area contributed by atoms with Crippen molar-refractivity contribution in [2.45, 2.75) is 57.7 Å². The summed E-state index contributed by atoms with van der Waals surface area (Å²) in [7, 11) is -3.92. The zero-order valence-corrected chi connectivity index (χ0v) is 22.4. The van der Waals surface area contributed by atoms with Crippen LogP contribution in [0.4, 0.5) is 0 Å². The van der Waals surface area contributed by atoms with E-state index in [-0.39, 0.29) is 10.9 Å². The molecule has 10 heteroatoms. The molecule has 2 atom stereocenters. The van der Waals surface area contributed by atoms with E-state index in [1.807, 2.05) is 51.1 Å². The van der Waals surface area contributed by atoms with Crippen molar-refractivity contribution in [1.82, 2.24) is 20.1 Å². The van der Waals surface area contributed by atoms with Crippen LogP contribution >= 0.6 is 0 Å². The SMILES string of the molecule is Cc1cc(COc2ccc(S(=O)(=O)N[C@@H]3CCN(C(C)C)C[C@]3(C)C(=O)NO)cc2)c2ccccc2n1. The Morgan fingerprint density at radius 2 is 1.92 bits per heavy atom. The molecule has 0 unspecified atom stereocenters. The molecule has 3 N–H and O–H groups in total. The summed E-state index contributed by atoms with van der Waals surface area (Å²) >= 11 is 0. The van der Waals surface area contributed by atoms with Crippen LogP contribution < -0.4 is 14.9 Å². The molecule has 1 fully saturated rings. The molecular weight excluding hydrogens is 492 g/mol. The van der Waals surface area contributed by atoms with Gasteiger partial charge in [0.2, 0.25) is 10.0 Å². The number of fused-ring (bicyclic) bond motifs is 1. The zero-order valence-electron chi connectivity index (χ0n) is 21.6. The number of sulfonamides is 1. The Bertz CT molecular complexity index is 1380. The van der Waals surface area contributed by atoms with Gasteiger partial charge >= 0.3 is 0 Å². The van der Waals surface area contributed by atoms with Gasteiger partial charge in [0.15, 0.2) is 0 Å². The van der Waals surface area contributed by atoms with Crippen LogP contribution in [0.1, 0.15) is 38.4 Å². The van der Waals surface area contributed by atoms with E-state index in [4.69, 9.17) is 4.74 Å². The number of amides is 1. The second kappa shape index (κ2) is 10.7. The van der Waals surface area contributed by atoms with Crippen LogP contribution in [-0.2, 0) is 21.4 Å². The lowest BCUT2D eigenvalue weighted by atomic mass is 9.76. The van der Waals surface area contributed by atoms with Crippen LogP contribution in [0.5, 0.6) is 5.75 Å². The Morgan fingerprint density at radius 3 is 2.59 bits per heavy atom. The molecule has 1 amide bonds. The minimum atomic E-state index is -3.92. The average Bonchev–Trinajstić information content (AvgIpc) is 2.87. The Balaban J connectivity index is 1.48. The number of nitrogens with zero attached hydrogens (tertiary/aromatic N) is 2. The number of pyridine rings is 1. The lowest BCUT2D eigenvalue weighted by molar-refractivity contribution is -0.144. The van der Waals surface area contributed by atoms with Gasteiger partial charge in [0.05, 0.1) is 15.8 Å². The van der Waals surface area contributed by atoms with Crippen LogP contribution in [-0.4, -0.2) is 54.6 Å². The van der Waals surface area contributed by atoms with Crippen molar-refractivity contribution in [3.05, 3.63) is 65.9 Å². The minimum absolute atomic E-state index is 0.0723. The normalized spacial score (nSPS) is 20.8. The maximum absolute atomic E-state index is 13.2. The van der Waals surface area contributed by atoms with Crippen molar-refractivity contribution < 1.29 is 23.2 Å². The molecule has 1 saturated heterocycles. The first-order valence-electron chi connectivity index (χ1n) is 12.3. The first-order chi connectivity index (χ1) is 17.5. The van der Waals surface area contributed by atoms with E-state index in [1.165, 1.54) is 12.1 Å². The quantitative estimate of drug-likeness (QED) is 0.304. The molecule has 2 aromatic carbocycles. The van der Waals surface area contributed by atoms with Gasteiger partial charge in [0.25, 0.3) is 5.91 Å². The van der Waals surface area contributed by atoms with E-state index in [1.54, 1.807) is 24.5 Å². The summed E-state index contributed by atoms with van der Waals surface area (Å²) in [6, 6.07) is 15.5. The van der Waals surface area contributed by atoms with Crippen molar-refractivity contribution >= 4 is 26.8 Å². The molecule has 0 aliphatic carbocycles. The highest BCUT2D eigenvalue weighted by molar-refractivity contribution is 7.89. The van der Waals surface area contributed by atoms with Gasteiger partial charge in [0, 0.05) is 35.3 Å². The second-order valence-electron chi connectivity index (χ2n) is 10.1. The molecule has 198 valence electrons. The van der Waals surface area contributed by atoms with E-state index < -0.39 is 27.4 Å². The number of likely N-dealkylation sites (tertiary alicyclic amines) is 1. The molecule has 37 heavy (non-hydrogen) atoms. The highest BCUT2D eigenvalue weighted by atomic mass is 32.2. The third-order valence-corrected chi connectivity index (χ3v) is 8.60. The standard InChI is InChI=1S/C27H34N4O5S/c1-18(2)31-14-13-25(27(4,17-31)26(32)29-33)30-37(34,35)22-11-9-21(10-12-22)36-16-20-15-19(3)28-24-8-6-5-7-23(20)24/h5-12,15,18,25,30,33H,13-14,16-17H2,1-4H3,(H,29,32)/t25-,27+/m1/s1. The summed E-state index contributed by atoms with van der Waals surface area (Å²) in [6.07, 6.45) is 0.432. The van der Waals surface area contributed by atoms with Crippen molar-refractivity contribution in [3.63, 3.8) is 0 Å². The fraction of sp³-hybridized carbons (Fsp3) is 0.407. The number of para-hydroxylation sites is 1. The zero-order chi connectivity index (χ0) is 26.8. The molecule has 9 nitrogen and oxygen atoms in total. The summed E-state index contributed by atoms with van der Waals surface area (Å²) in [5, 5.41) is 10.3. The molecule has 0 bridgehead atoms. The number of rotatable bonds is 8. The first kappa shape index (κ1) is 27.0. The molecule has 0 radical (unpaired) electrons. The molecule has 0 spiro atoms. The fourth-order valence-corrected chi connectivity index (χ4v) is 6.24. The number of ether oxygens (including phenoxy) is 1. The predicted octanol–water partition coefficient (Wildman–Crippen LogP) is 3.39. The number of hydrogen-bond acceptors (Lipinski definition) is 7. The number of aromatic nitrogens is 1. The monoisotopic (exact) mass is 526 g/mol. The average molecular weight is 527 g/mol. The molecule has 0 saturated carbocycles. The van der Waals surface area contributed by atoms with E-state index in [0.717, 1.165) is 22.2 Å². The van der Waals surface area contributed by atoms with E-state index in [2.05, 4.69) is 14.6 Å². The highest BCUT2D eigenvalue weighted by Gasteiger charge is 2.47. The summed E-state index contributed by atoms with van der Waals surface area (Å²) in [5.41, 5.74) is 3.37. The summed E-state index contributed by atoms with van der Waals surface area (Å²) in [6.45, 7) is 8.91. The number of piperidine rings is 1. The topological polar surface area (TPSA) is 121 Å². The minimum Gasteiger partial charge on any atom is -0.489 e. The van der Waals surface area contributed by atoms with Crippen LogP contribution in [0.15, 0.2) is 59.5 Å². The summed E-state index contributed by atoms with van der Waals surface area (Å²) in [5.74, 6) is -0.0830. The lowest BCUT2D eigenvalue weighted by Crippen LogP contribution is -2.63. The predicted molar refractivity (Wildman–Crippen MR) is 141 cm³/mol. The molecule has 3 aromatic rings. The highest BCUT2D eigenvalue weighted by Crippen LogP contribution is 2.33. The molecule has 1 aliphatic heterocycles. The molecule has 1 aromatic heterocycles. The van der Waals surface area contributed by atoms with E-state index >= 15 is 0 Å². The van der Waals surface area contributed by atoms with Gasteiger partial charge in [-0.15, -0.1) is 0 Å². The number of carbonyl (C=O) groups excluding carboxylic acids is 1. The van der Waals surface area contributed by atoms with Crippen LogP contribution in [0.3, 0.4) is 0 Å². The van der Waals surface area contributed by atoms with Gasteiger partial charge in [-0.2, -0.15) is 0 Å². The Kier molecular flexibility index (Phi) is 7.84. The van der Waals surface area contributed by atoms with Gasteiger partial charge in [0.1, 0.15) is 12.4 Å². The largest absolute Gasteiger partial charge is 0.489 e. The number of aryl methyl sites for hydroxylation is 1. The van der Waals surface area contributed by atoms with Crippen LogP contribution in [0.25, 0.3) is 10.9 Å². The number of nitrogens with one attached hydrogen (secondary N) is 2. The molecular formula is C27H34N4O5S. The van der Waals surface area contributed by atoms with Crippen LogP contribution in [0.2, 0.25) is 0 Å². The van der Waals surface area contributed by atoms with Gasteiger partial charge in [-0.05, 0) is 77.1 Å². The van der Waals surface area contributed by atoms with Gasteiger partial charge in [-0.25, -0.2) is 18.6 Å². The van der Waals surface area contributed by atoms with Crippen molar-refractivity contribution in [3.8, 4) is 5.75 Å². The molecule has 1 aliphatic rings. The number of hydrogen-bond donors (Lipinski definition) is 3. The summed E-state index contributed by atoms with van der Waals surface area (Å²) in [4.78, 5) is 19.3. The number of benzene rings is 2. The van der Waals surface area contributed by atoms with E-state index in [9.17, 15) is 18.4 Å². The Hall–Kier alpha value is -3.05. The van der Waals surface area contributed by atoms with Gasteiger partial charge in [-0.1, -0.05) is 18.2 Å². The third kappa shape index (κ3) is 5.77. The van der Waals surface area contributed by atoms with Gasteiger partial charge in [-0.3, -0.25) is 19.9 Å². The maximum Gasteiger partial charge on any atom is 0.252 e. The van der Waals surface area contributed by atoms with E-state index in [0.29, 0.717) is 31.9 Å². The smallest absolute Gasteiger partial charge is 0.252 e. The summed E-state index contributed by atoms with van der Waals surface area (Å²) < 4.78 is 35.1. The first-order valence-corrected chi connectivity index (χ1v) is 13.8. The lowest BCUT2D eigenvalue weighted by Gasteiger charge is -2.46. The maximum atomic E-state index is 13.2. The Labute approximate surface area is 217 Å². The number of hydroxylamine groups is 1. The third-order valence-electron chi connectivity index (χ3n) is 7.11. The van der Waals surface area contributed by atoms with Crippen LogP contribution in [0, 0.1) is 12.3 Å². The van der Waals surface area contributed by atoms with Crippen molar-refractivity contribution in [1.29, 1.82) is 0 Å². The molecule has 2 heterocycles. The molecule has 4 rings (SSSR count). The van der Waals surface area contributed by atoms with Crippen molar-refractivity contribution in [2.75, 3.05) is 13.1 Å². The van der Waals surface area contributed by atoms with Crippen molar-refractivity contribution in [2.24, 2.45) is 5.41 Å². The Morgan fingerprint density at radius 1 is 1.22 bits per heavy atom. The second-order valence-corrected chi connectivity index (χ2v) is 11.8. The van der Waals surface area contributed by atoms with Gasteiger partial charge < -0.3 is 4.74 Å². The number of carbonyl (C=O) groups is 1. The fourth-order valence-electron chi connectivity index (χ4n) is 4.86.